The second kappa shape index (κ2) is 11.1. The van der Waals surface area contributed by atoms with Crippen LogP contribution in [0.3, 0.4) is 0 Å². The van der Waals surface area contributed by atoms with Crippen LogP contribution in [0.2, 0.25) is 39.3 Å². The number of anilines is 3. The van der Waals surface area contributed by atoms with E-state index in [1.807, 2.05) is 36.4 Å². The molecule has 5 heteroatoms. The van der Waals surface area contributed by atoms with E-state index in [4.69, 9.17) is 0 Å². The van der Waals surface area contributed by atoms with Crippen molar-refractivity contribution in [3.05, 3.63) is 152 Å². The third-order valence-electron chi connectivity index (χ3n) is 10.8. The lowest BCUT2D eigenvalue weighted by atomic mass is 9.71. The van der Waals surface area contributed by atoms with Gasteiger partial charge in [-0.1, -0.05) is 142 Å². The summed E-state index contributed by atoms with van der Waals surface area (Å²) in [5.74, 6) is 0. The van der Waals surface area contributed by atoms with Gasteiger partial charge in [0.2, 0.25) is 0 Å². The van der Waals surface area contributed by atoms with Gasteiger partial charge in [0.1, 0.15) is 0 Å². The van der Waals surface area contributed by atoms with Crippen LogP contribution in [0.25, 0.3) is 38.4 Å². The number of rotatable bonds is 4. The zero-order valence-electron chi connectivity index (χ0n) is 30.2. The van der Waals surface area contributed by atoms with Crippen LogP contribution in [-0.2, 0) is 5.41 Å². The first-order valence-electron chi connectivity index (χ1n) is 17.6. The minimum Gasteiger partial charge on any atom is -0.310 e. The zero-order valence-corrected chi connectivity index (χ0v) is 32.2. The van der Waals surface area contributed by atoms with Crippen molar-refractivity contribution in [1.29, 1.82) is 0 Å². The number of nitrogens with zero attached hydrogens (tertiary/aromatic N) is 1. The average Bonchev–Trinajstić information content (AvgIpc) is 3.08. The summed E-state index contributed by atoms with van der Waals surface area (Å²) in [6.07, 6.45) is 1.78. The molecule has 0 bridgehead atoms. The van der Waals surface area contributed by atoms with Gasteiger partial charge in [0.25, 0.3) is 0 Å². The smallest absolute Gasteiger partial charge is 0.197 e. The Balaban J connectivity index is 1.36. The lowest BCUT2D eigenvalue weighted by molar-refractivity contribution is 0.638. The fraction of sp³-hybridized carbons (Fsp3) is 0.200. The predicted molar refractivity (Wildman–Crippen MR) is 221 cm³/mol. The summed E-state index contributed by atoms with van der Waals surface area (Å²) in [6.45, 7) is 19.3. The maximum Gasteiger partial charge on any atom is 0.197 e. The minimum atomic E-state index is -1.62. The van der Waals surface area contributed by atoms with E-state index in [0.717, 1.165) is 21.7 Å². The van der Waals surface area contributed by atoms with Crippen LogP contribution in [0.15, 0.2) is 119 Å². The van der Waals surface area contributed by atoms with Crippen molar-refractivity contribution in [2.24, 2.45) is 0 Å². The molecule has 7 aromatic rings. The van der Waals surface area contributed by atoms with Gasteiger partial charge in [0, 0.05) is 27.3 Å². The third-order valence-corrected chi connectivity index (χ3v) is 14.8. The van der Waals surface area contributed by atoms with Gasteiger partial charge in [-0.2, -0.15) is 0 Å². The van der Waals surface area contributed by atoms with Crippen LogP contribution in [0.1, 0.15) is 30.5 Å². The van der Waals surface area contributed by atoms with E-state index >= 15 is 0 Å². The molecule has 0 fully saturated rings. The monoisotopic (exact) mass is 685 g/mol. The second-order valence-corrected chi connectivity index (χ2v) is 26.8. The van der Waals surface area contributed by atoms with E-state index in [1.54, 1.807) is 6.08 Å². The Morgan fingerprint density at radius 1 is 0.580 bits per heavy atom. The fourth-order valence-electron chi connectivity index (χ4n) is 8.03. The Bertz CT molecular complexity index is 2600. The summed E-state index contributed by atoms with van der Waals surface area (Å²) in [7, 11) is -3.24. The molecule has 50 heavy (non-hydrogen) atoms. The molecule has 0 unspecified atom stereocenters. The molecule has 0 saturated heterocycles. The fourth-order valence-corrected chi connectivity index (χ4v) is 10.5. The van der Waals surface area contributed by atoms with Crippen molar-refractivity contribution >= 4 is 82.0 Å². The van der Waals surface area contributed by atoms with E-state index < -0.39 is 16.1 Å². The van der Waals surface area contributed by atoms with Crippen LogP contribution in [0, 0.1) is 0 Å². The highest BCUT2D eigenvalue weighted by atomic mass is 28.3. The predicted octanol–water partition coefficient (Wildman–Crippen LogP) is 9.05. The summed E-state index contributed by atoms with van der Waals surface area (Å²) >= 11 is 0. The molecule has 1 aliphatic rings. The molecule has 0 N–H and O–H groups in total. The summed E-state index contributed by atoms with van der Waals surface area (Å²) < 4.78 is 0. The summed E-state index contributed by atoms with van der Waals surface area (Å²) in [5.41, 5.74) is 6.39. The number of hydrogen-bond donors (Lipinski definition) is 0. The van der Waals surface area contributed by atoms with Crippen molar-refractivity contribution in [1.82, 2.24) is 0 Å². The molecule has 248 valence electrons. The molecule has 1 heterocycles. The largest absolute Gasteiger partial charge is 0.310 e. The molecule has 0 aliphatic carbocycles. The van der Waals surface area contributed by atoms with Crippen molar-refractivity contribution in [3.63, 3.8) is 0 Å². The van der Waals surface area contributed by atoms with E-state index in [9.17, 15) is 9.59 Å². The van der Waals surface area contributed by atoms with E-state index in [2.05, 4.69) is 131 Å². The molecule has 1 aliphatic heterocycles. The van der Waals surface area contributed by atoms with Crippen LogP contribution in [0.5, 0.6) is 0 Å². The van der Waals surface area contributed by atoms with Gasteiger partial charge in [-0.05, 0) is 69.3 Å². The molecule has 7 aromatic carbocycles. The van der Waals surface area contributed by atoms with Gasteiger partial charge in [-0.25, -0.2) is 0 Å². The van der Waals surface area contributed by atoms with Crippen molar-refractivity contribution in [3.8, 4) is 0 Å². The highest BCUT2D eigenvalue weighted by Gasteiger charge is 2.38. The summed E-state index contributed by atoms with van der Waals surface area (Å²) in [6, 6.07) is 38.5. The zero-order chi connectivity index (χ0) is 35.3. The lowest BCUT2D eigenvalue weighted by Gasteiger charge is -2.43. The van der Waals surface area contributed by atoms with Gasteiger partial charge in [0.15, 0.2) is 10.9 Å². The van der Waals surface area contributed by atoms with Gasteiger partial charge in [-0.3, -0.25) is 9.59 Å². The van der Waals surface area contributed by atoms with E-state index in [-0.39, 0.29) is 21.5 Å². The normalized spacial score (nSPS) is 14.3. The molecular formula is C45H43NO2Si2. The molecule has 0 radical (unpaired) electrons. The standard InChI is InChI=1S/C45H43NO2Si2/c1-45(2)38-17-9-10-18-39(38)46(31-25-32(49(3,4)5)27-33(26-31)50(6,7)8)40-22-20-30-23-28(19-21-34(30)42(40)45)24-37-43(47)35-15-11-13-29-14-12-16-36(41(29)35)44(37)48/h9-27H,1-8H3. The SMILES string of the molecule is CC1(C)c2ccccc2N(c2cc([Si](C)(C)C)cc([Si](C)(C)C)c2)c2ccc3cc(C=c4c(=O)c5cccc6cccc(c4=O)c65)ccc3c21. The number of benzene rings is 7. The van der Waals surface area contributed by atoms with Crippen LogP contribution in [-0.4, -0.2) is 16.1 Å². The number of hydrogen-bond acceptors (Lipinski definition) is 3. The molecule has 0 amide bonds. The van der Waals surface area contributed by atoms with Crippen molar-refractivity contribution in [2.45, 2.75) is 58.5 Å². The van der Waals surface area contributed by atoms with Crippen LogP contribution in [0.4, 0.5) is 17.1 Å². The quantitative estimate of drug-likeness (QED) is 0.174. The maximum atomic E-state index is 13.7. The first kappa shape index (κ1) is 32.4. The lowest BCUT2D eigenvalue weighted by Crippen LogP contribution is -2.45. The Labute approximate surface area is 295 Å². The first-order valence-corrected chi connectivity index (χ1v) is 24.6. The van der Waals surface area contributed by atoms with Crippen LogP contribution < -0.4 is 31.3 Å². The average molecular weight is 686 g/mol. The highest BCUT2D eigenvalue weighted by molar-refractivity contribution is 6.91. The number of fused-ring (bicyclic) bond motifs is 4. The minimum absolute atomic E-state index is 0.212. The topological polar surface area (TPSA) is 37.4 Å². The van der Waals surface area contributed by atoms with Crippen LogP contribution >= 0.6 is 0 Å². The first-order chi connectivity index (χ1) is 23.6. The van der Waals surface area contributed by atoms with Gasteiger partial charge >= 0.3 is 0 Å². The van der Waals surface area contributed by atoms with E-state index in [1.165, 1.54) is 43.9 Å². The molecule has 0 atom stereocenters. The summed E-state index contributed by atoms with van der Waals surface area (Å²) in [5, 5.41) is 8.31. The molecule has 0 aromatic heterocycles. The Kier molecular flexibility index (Phi) is 7.17. The highest BCUT2D eigenvalue weighted by Crippen LogP contribution is 2.53. The number of para-hydroxylation sites is 1. The molecule has 8 rings (SSSR count). The van der Waals surface area contributed by atoms with Crippen molar-refractivity contribution < 1.29 is 0 Å². The Morgan fingerprint density at radius 3 is 1.82 bits per heavy atom. The Morgan fingerprint density at radius 2 is 1.20 bits per heavy atom. The van der Waals surface area contributed by atoms with Gasteiger partial charge in [0.05, 0.1) is 32.7 Å². The second-order valence-electron chi connectivity index (χ2n) is 16.6. The third kappa shape index (κ3) is 4.97. The van der Waals surface area contributed by atoms with E-state index in [0.29, 0.717) is 10.8 Å². The molecular weight excluding hydrogens is 643 g/mol. The Hall–Kier alpha value is -4.85. The molecule has 0 spiro atoms. The maximum absolute atomic E-state index is 13.7. The van der Waals surface area contributed by atoms with Crippen molar-refractivity contribution in [2.75, 3.05) is 4.90 Å². The summed E-state index contributed by atoms with van der Waals surface area (Å²) in [4.78, 5) is 30.0. The van der Waals surface area contributed by atoms with Gasteiger partial charge < -0.3 is 4.90 Å². The molecule has 0 saturated carbocycles. The molecule has 3 nitrogen and oxygen atoms in total. The van der Waals surface area contributed by atoms with Gasteiger partial charge in [-0.15, -0.1) is 0 Å².